The summed E-state index contributed by atoms with van der Waals surface area (Å²) in [5.41, 5.74) is 1.91. The quantitative estimate of drug-likeness (QED) is 0.276. The molecule has 38 heavy (non-hydrogen) atoms. The second-order valence-electron chi connectivity index (χ2n) is 10.3. The van der Waals surface area contributed by atoms with E-state index in [0.29, 0.717) is 29.2 Å². The highest BCUT2D eigenvalue weighted by Crippen LogP contribution is 2.32. The first-order valence-electron chi connectivity index (χ1n) is 13.2. The number of hydrogen-bond acceptors (Lipinski definition) is 7. The maximum atomic E-state index is 13.3. The molecule has 5 rings (SSSR count). The van der Waals surface area contributed by atoms with Crippen LogP contribution in [0.1, 0.15) is 25.7 Å². The first-order chi connectivity index (χ1) is 18.4. The van der Waals surface area contributed by atoms with Gasteiger partial charge in [-0.15, -0.1) is 0 Å². The molecule has 0 aliphatic heterocycles. The Bertz CT molecular complexity index is 1530. The van der Waals surface area contributed by atoms with Crippen molar-refractivity contribution in [3.05, 3.63) is 60.7 Å². The number of fused-ring (bicyclic) bond motifs is 2. The zero-order valence-electron chi connectivity index (χ0n) is 22.2. The maximum absolute atomic E-state index is 13.3. The van der Waals surface area contributed by atoms with Crippen molar-refractivity contribution < 1.29 is 8.42 Å². The first kappa shape index (κ1) is 26.2. The van der Waals surface area contributed by atoms with Crippen LogP contribution >= 0.6 is 0 Å². The van der Waals surface area contributed by atoms with Crippen molar-refractivity contribution in [3.8, 4) is 0 Å². The Morgan fingerprint density at radius 3 is 2.21 bits per heavy atom. The Labute approximate surface area is 224 Å². The first-order valence-corrected chi connectivity index (χ1v) is 14.7. The highest BCUT2D eigenvalue weighted by molar-refractivity contribution is 7.89. The van der Waals surface area contributed by atoms with Crippen molar-refractivity contribution in [2.75, 3.05) is 49.8 Å². The molecule has 0 unspecified atom stereocenters. The molecule has 0 spiro atoms. The SMILES string of the molecule is CNc1nc(NC[C@H]2CC[C@H](CNS(=O)(=O)c3cccc4c(N(C)C)cccc34)CC2)nc2ccccc12. The van der Waals surface area contributed by atoms with E-state index in [2.05, 4.69) is 25.3 Å². The number of aromatic nitrogens is 2. The van der Waals surface area contributed by atoms with Crippen LogP contribution in [0, 0.1) is 11.8 Å². The van der Waals surface area contributed by atoms with Gasteiger partial charge in [-0.3, -0.25) is 0 Å². The summed E-state index contributed by atoms with van der Waals surface area (Å²) in [6.45, 7) is 1.27. The van der Waals surface area contributed by atoms with Gasteiger partial charge in [0.05, 0.1) is 10.4 Å². The molecule has 0 atom stereocenters. The minimum atomic E-state index is -3.62. The molecule has 1 saturated carbocycles. The van der Waals surface area contributed by atoms with Gasteiger partial charge >= 0.3 is 0 Å². The Kier molecular flexibility index (Phi) is 7.67. The number of hydrogen-bond donors (Lipinski definition) is 3. The van der Waals surface area contributed by atoms with Crippen LogP contribution in [0.15, 0.2) is 65.6 Å². The van der Waals surface area contributed by atoms with Crippen molar-refractivity contribution >= 4 is 49.2 Å². The molecule has 1 aliphatic rings. The van der Waals surface area contributed by atoms with Crippen LogP contribution in [0.5, 0.6) is 0 Å². The molecule has 1 heterocycles. The predicted octanol–water partition coefficient (Wildman–Crippen LogP) is 5.09. The normalized spacial score (nSPS) is 18.0. The fraction of sp³-hybridized carbons (Fsp3) is 0.379. The van der Waals surface area contributed by atoms with Gasteiger partial charge in [0.15, 0.2) is 0 Å². The van der Waals surface area contributed by atoms with E-state index in [1.807, 2.05) is 80.6 Å². The highest BCUT2D eigenvalue weighted by atomic mass is 32.2. The second-order valence-corrected chi connectivity index (χ2v) is 12.0. The summed E-state index contributed by atoms with van der Waals surface area (Å²) in [6.07, 6.45) is 4.09. The molecule has 0 radical (unpaired) electrons. The summed E-state index contributed by atoms with van der Waals surface area (Å²) >= 11 is 0. The van der Waals surface area contributed by atoms with Gasteiger partial charge in [0, 0.05) is 56.1 Å². The van der Waals surface area contributed by atoms with E-state index in [0.717, 1.165) is 65.4 Å². The van der Waals surface area contributed by atoms with Gasteiger partial charge in [0.25, 0.3) is 0 Å². The van der Waals surface area contributed by atoms with E-state index in [1.54, 1.807) is 6.07 Å². The van der Waals surface area contributed by atoms with Crippen LogP contribution in [-0.4, -0.2) is 52.6 Å². The number of anilines is 3. The molecule has 1 aromatic heterocycles. The third-order valence-corrected chi connectivity index (χ3v) is 9.03. The molecular weight excluding hydrogens is 496 g/mol. The average molecular weight is 533 g/mol. The van der Waals surface area contributed by atoms with Gasteiger partial charge in [-0.25, -0.2) is 18.1 Å². The molecule has 0 saturated heterocycles. The summed E-state index contributed by atoms with van der Waals surface area (Å²) in [5, 5.41) is 9.28. The molecule has 8 nitrogen and oxygen atoms in total. The number of nitrogens with zero attached hydrogens (tertiary/aromatic N) is 3. The van der Waals surface area contributed by atoms with Crippen molar-refractivity contribution in [2.24, 2.45) is 11.8 Å². The van der Waals surface area contributed by atoms with Crippen molar-refractivity contribution in [2.45, 2.75) is 30.6 Å². The van der Waals surface area contributed by atoms with Crippen LogP contribution in [0.4, 0.5) is 17.5 Å². The zero-order chi connectivity index (χ0) is 26.7. The molecule has 4 aromatic rings. The topological polar surface area (TPSA) is 99.2 Å². The number of nitrogens with one attached hydrogen (secondary N) is 3. The van der Waals surface area contributed by atoms with Crippen LogP contribution in [0.25, 0.3) is 21.7 Å². The number of benzene rings is 3. The zero-order valence-corrected chi connectivity index (χ0v) is 23.1. The molecule has 1 fully saturated rings. The molecule has 200 valence electrons. The van der Waals surface area contributed by atoms with Crippen LogP contribution < -0.4 is 20.3 Å². The molecule has 3 N–H and O–H groups in total. The number of sulfonamides is 1. The molecule has 0 amide bonds. The van der Waals surface area contributed by atoms with Crippen LogP contribution in [0.2, 0.25) is 0 Å². The average Bonchev–Trinajstić information content (AvgIpc) is 2.94. The van der Waals surface area contributed by atoms with Crippen LogP contribution in [0.3, 0.4) is 0 Å². The third kappa shape index (κ3) is 5.54. The standard InChI is InChI=1S/C29H36N6O2S/c1-30-28-24-8-4-5-11-25(24)33-29(34-28)31-18-20-14-16-21(17-15-20)19-32-38(36,37)27-13-7-9-22-23(27)10-6-12-26(22)35(2)3/h4-13,20-21,32H,14-19H2,1-3H3,(H2,30,31,33,34)/t20-,21-. The van der Waals surface area contributed by atoms with Crippen molar-refractivity contribution in [3.63, 3.8) is 0 Å². The van der Waals surface area contributed by atoms with Gasteiger partial charge in [0.1, 0.15) is 5.82 Å². The van der Waals surface area contributed by atoms with E-state index in [1.165, 1.54) is 0 Å². The van der Waals surface area contributed by atoms with E-state index >= 15 is 0 Å². The Morgan fingerprint density at radius 2 is 1.47 bits per heavy atom. The lowest BCUT2D eigenvalue weighted by Crippen LogP contribution is -2.32. The Hall–Kier alpha value is -3.43. The molecule has 0 bridgehead atoms. The van der Waals surface area contributed by atoms with Crippen LogP contribution in [-0.2, 0) is 10.0 Å². The molecular formula is C29H36N6O2S. The fourth-order valence-electron chi connectivity index (χ4n) is 5.42. The fourth-order valence-corrected chi connectivity index (χ4v) is 6.75. The summed E-state index contributed by atoms with van der Waals surface area (Å²) < 4.78 is 29.5. The maximum Gasteiger partial charge on any atom is 0.241 e. The lowest BCUT2D eigenvalue weighted by atomic mass is 9.82. The minimum Gasteiger partial charge on any atom is -0.377 e. The lowest BCUT2D eigenvalue weighted by Gasteiger charge is -2.28. The largest absolute Gasteiger partial charge is 0.377 e. The van der Waals surface area contributed by atoms with E-state index in [9.17, 15) is 8.42 Å². The summed E-state index contributed by atoms with van der Waals surface area (Å²) in [5.74, 6) is 2.30. The Morgan fingerprint density at radius 1 is 0.816 bits per heavy atom. The summed E-state index contributed by atoms with van der Waals surface area (Å²) in [7, 11) is 2.19. The van der Waals surface area contributed by atoms with Gasteiger partial charge in [0.2, 0.25) is 16.0 Å². The van der Waals surface area contributed by atoms with E-state index in [-0.39, 0.29) is 0 Å². The van der Waals surface area contributed by atoms with Gasteiger partial charge < -0.3 is 15.5 Å². The molecule has 9 heteroatoms. The lowest BCUT2D eigenvalue weighted by molar-refractivity contribution is 0.284. The minimum absolute atomic E-state index is 0.334. The van der Waals surface area contributed by atoms with E-state index in [4.69, 9.17) is 0 Å². The van der Waals surface area contributed by atoms with E-state index < -0.39 is 10.0 Å². The summed E-state index contributed by atoms with van der Waals surface area (Å²) in [4.78, 5) is 11.6. The number of rotatable bonds is 9. The van der Waals surface area contributed by atoms with Gasteiger partial charge in [-0.05, 0) is 61.8 Å². The third-order valence-electron chi connectivity index (χ3n) is 7.55. The smallest absolute Gasteiger partial charge is 0.241 e. The Balaban J connectivity index is 1.17. The van der Waals surface area contributed by atoms with Gasteiger partial charge in [-0.2, -0.15) is 4.98 Å². The molecule has 3 aromatic carbocycles. The monoisotopic (exact) mass is 532 g/mol. The highest BCUT2D eigenvalue weighted by Gasteiger charge is 2.24. The molecule has 1 aliphatic carbocycles. The predicted molar refractivity (Wildman–Crippen MR) is 156 cm³/mol. The second kappa shape index (κ2) is 11.1. The van der Waals surface area contributed by atoms with Gasteiger partial charge in [-0.1, -0.05) is 36.4 Å². The van der Waals surface area contributed by atoms with Crippen molar-refractivity contribution in [1.82, 2.24) is 14.7 Å². The number of para-hydroxylation sites is 1. The summed E-state index contributed by atoms with van der Waals surface area (Å²) in [6, 6.07) is 19.3. The van der Waals surface area contributed by atoms with Crippen molar-refractivity contribution in [1.29, 1.82) is 0 Å².